The van der Waals surface area contributed by atoms with Gasteiger partial charge in [0.1, 0.15) is 5.82 Å². The van der Waals surface area contributed by atoms with E-state index in [4.69, 9.17) is 5.26 Å². The van der Waals surface area contributed by atoms with E-state index in [1.54, 1.807) is 18.3 Å². The first-order valence-electron chi connectivity index (χ1n) is 5.26. The Kier molecular flexibility index (Phi) is 3.01. The Balaban J connectivity index is 2.34. The number of aromatic nitrogens is 2. The molecule has 17 heavy (non-hydrogen) atoms. The van der Waals surface area contributed by atoms with Crippen LogP contribution in [0.4, 0.5) is 11.5 Å². The van der Waals surface area contributed by atoms with Crippen molar-refractivity contribution in [2.24, 2.45) is 0 Å². The van der Waals surface area contributed by atoms with Gasteiger partial charge in [-0.2, -0.15) is 5.26 Å². The molecule has 2 aromatic rings. The van der Waals surface area contributed by atoms with Crippen LogP contribution in [0.5, 0.6) is 0 Å². The van der Waals surface area contributed by atoms with Crippen molar-refractivity contribution in [3.05, 3.63) is 47.4 Å². The Bertz CT molecular complexity index is 584. The van der Waals surface area contributed by atoms with E-state index < -0.39 is 0 Å². The van der Waals surface area contributed by atoms with Crippen LogP contribution >= 0.6 is 0 Å². The Morgan fingerprint density at radius 1 is 1.29 bits per heavy atom. The average Bonchev–Trinajstić information content (AvgIpc) is 2.31. The van der Waals surface area contributed by atoms with Gasteiger partial charge in [-0.25, -0.2) is 4.98 Å². The van der Waals surface area contributed by atoms with E-state index in [-0.39, 0.29) is 0 Å². The summed E-state index contributed by atoms with van der Waals surface area (Å²) < 4.78 is 0. The SMILES string of the molecule is Cc1cc(C#N)cc(Nc2cccnc2C)n1. The number of hydrogen-bond acceptors (Lipinski definition) is 4. The summed E-state index contributed by atoms with van der Waals surface area (Å²) >= 11 is 0. The third-order valence-electron chi connectivity index (χ3n) is 2.35. The number of hydrogen-bond donors (Lipinski definition) is 1. The molecule has 0 unspecified atom stereocenters. The number of rotatable bonds is 2. The predicted molar refractivity (Wildman–Crippen MR) is 65.9 cm³/mol. The number of nitrogens with one attached hydrogen (secondary N) is 1. The van der Waals surface area contributed by atoms with E-state index in [2.05, 4.69) is 21.4 Å². The predicted octanol–water partition coefficient (Wildman–Crippen LogP) is 2.71. The van der Waals surface area contributed by atoms with Gasteiger partial charge in [-0.05, 0) is 38.1 Å². The second-order valence-electron chi connectivity index (χ2n) is 3.76. The largest absolute Gasteiger partial charge is 0.339 e. The van der Waals surface area contributed by atoms with E-state index >= 15 is 0 Å². The molecule has 0 aliphatic rings. The lowest BCUT2D eigenvalue weighted by molar-refractivity contribution is 1.16. The zero-order valence-corrected chi connectivity index (χ0v) is 9.73. The Hall–Kier alpha value is -2.41. The zero-order chi connectivity index (χ0) is 12.3. The van der Waals surface area contributed by atoms with Crippen molar-refractivity contribution in [1.29, 1.82) is 5.26 Å². The highest BCUT2D eigenvalue weighted by Gasteiger charge is 2.02. The summed E-state index contributed by atoms with van der Waals surface area (Å²) in [7, 11) is 0. The molecule has 0 spiro atoms. The first-order chi connectivity index (χ1) is 8.19. The van der Waals surface area contributed by atoms with E-state index in [0.717, 1.165) is 17.1 Å². The number of pyridine rings is 2. The van der Waals surface area contributed by atoms with Crippen molar-refractivity contribution in [2.75, 3.05) is 5.32 Å². The van der Waals surface area contributed by atoms with Gasteiger partial charge in [0, 0.05) is 11.9 Å². The maximum Gasteiger partial charge on any atom is 0.131 e. The van der Waals surface area contributed by atoms with Gasteiger partial charge in [0.15, 0.2) is 0 Å². The van der Waals surface area contributed by atoms with Crippen LogP contribution in [0.25, 0.3) is 0 Å². The van der Waals surface area contributed by atoms with E-state index in [0.29, 0.717) is 11.4 Å². The summed E-state index contributed by atoms with van der Waals surface area (Å²) in [5.41, 5.74) is 3.21. The van der Waals surface area contributed by atoms with Crippen molar-refractivity contribution >= 4 is 11.5 Å². The quantitative estimate of drug-likeness (QED) is 0.851. The Morgan fingerprint density at radius 2 is 2.12 bits per heavy atom. The Labute approximate surface area is 100.0 Å². The first kappa shape index (κ1) is 11.1. The van der Waals surface area contributed by atoms with Crippen molar-refractivity contribution in [2.45, 2.75) is 13.8 Å². The molecule has 2 aromatic heterocycles. The zero-order valence-electron chi connectivity index (χ0n) is 9.73. The molecule has 0 aromatic carbocycles. The van der Waals surface area contributed by atoms with E-state index in [9.17, 15) is 0 Å². The first-order valence-corrected chi connectivity index (χ1v) is 5.26. The van der Waals surface area contributed by atoms with Crippen LogP contribution in [-0.2, 0) is 0 Å². The van der Waals surface area contributed by atoms with Gasteiger partial charge >= 0.3 is 0 Å². The van der Waals surface area contributed by atoms with Crippen LogP contribution in [0.3, 0.4) is 0 Å². The smallest absolute Gasteiger partial charge is 0.131 e. The van der Waals surface area contributed by atoms with Gasteiger partial charge in [-0.3, -0.25) is 4.98 Å². The molecule has 0 bridgehead atoms. The summed E-state index contributed by atoms with van der Waals surface area (Å²) in [6.45, 7) is 3.78. The lowest BCUT2D eigenvalue weighted by Gasteiger charge is -2.08. The maximum absolute atomic E-state index is 8.89. The monoisotopic (exact) mass is 224 g/mol. The molecule has 84 valence electrons. The minimum absolute atomic E-state index is 0.599. The molecular weight excluding hydrogens is 212 g/mol. The molecule has 0 atom stereocenters. The molecule has 1 N–H and O–H groups in total. The van der Waals surface area contributed by atoms with Crippen LogP contribution < -0.4 is 5.32 Å². The number of nitriles is 1. The molecule has 4 heteroatoms. The van der Waals surface area contributed by atoms with Gasteiger partial charge in [0.05, 0.1) is 23.0 Å². The molecule has 0 radical (unpaired) electrons. The lowest BCUT2D eigenvalue weighted by atomic mass is 10.2. The summed E-state index contributed by atoms with van der Waals surface area (Å²) in [6.07, 6.45) is 1.74. The molecular formula is C13H12N4. The van der Waals surface area contributed by atoms with Crippen molar-refractivity contribution in [3.63, 3.8) is 0 Å². The summed E-state index contributed by atoms with van der Waals surface area (Å²) in [6, 6.07) is 9.37. The van der Waals surface area contributed by atoms with Gasteiger partial charge in [-0.1, -0.05) is 0 Å². The molecule has 0 amide bonds. The van der Waals surface area contributed by atoms with Gasteiger partial charge in [0.2, 0.25) is 0 Å². The molecule has 0 aliphatic carbocycles. The van der Waals surface area contributed by atoms with Crippen LogP contribution in [0.2, 0.25) is 0 Å². The molecule has 2 rings (SSSR count). The molecule has 4 nitrogen and oxygen atoms in total. The summed E-state index contributed by atoms with van der Waals surface area (Å²) in [5, 5.41) is 12.1. The van der Waals surface area contributed by atoms with E-state index in [1.807, 2.05) is 26.0 Å². The van der Waals surface area contributed by atoms with Crippen LogP contribution in [0, 0.1) is 25.2 Å². The number of aryl methyl sites for hydroxylation is 2. The number of anilines is 2. The van der Waals surface area contributed by atoms with Gasteiger partial charge in [-0.15, -0.1) is 0 Å². The van der Waals surface area contributed by atoms with Crippen molar-refractivity contribution in [3.8, 4) is 6.07 Å². The lowest BCUT2D eigenvalue weighted by Crippen LogP contribution is -1.98. The van der Waals surface area contributed by atoms with Gasteiger partial charge < -0.3 is 5.32 Å². The topological polar surface area (TPSA) is 61.6 Å². The third-order valence-corrected chi connectivity index (χ3v) is 2.35. The van der Waals surface area contributed by atoms with Crippen molar-refractivity contribution in [1.82, 2.24) is 9.97 Å². The highest BCUT2D eigenvalue weighted by atomic mass is 15.0. The van der Waals surface area contributed by atoms with Gasteiger partial charge in [0.25, 0.3) is 0 Å². The van der Waals surface area contributed by atoms with Crippen molar-refractivity contribution < 1.29 is 0 Å². The highest BCUT2D eigenvalue weighted by molar-refractivity contribution is 5.59. The number of nitrogens with zero attached hydrogens (tertiary/aromatic N) is 3. The second-order valence-corrected chi connectivity index (χ2v) is 3.76. The summed E-state index contributed by atoms with van der Waals surface area (Å²) in [4.78, 5) is 8.51. The minimum atomic E-state index is 0.599. The average molecular weight is 224 g/mol. The van der Waals surface area contributed by atoms with Crippen LogP contribution in [0.15, 0.2) is 30.5 Å². The molecule has 0 fully saturated rings. The summed E-state index contributed by atoms with van der Waals surface area (Å²) in [5.74, 6) is 0.664. The fraction of sp³-hybridized carbons (Fsp3) is 0.154. The third kappa shape index (κ3) is 2.58. The fourth-order valence-corrected chi connectivity index (χ4v) is 1.55. The molecule has 0 saturated carbocycles. The standard InChI is InChI=1S/C13H12N4/c1-9-6-11(8-14)7-13(16-9)17-12-4-3-5-15-10(12)2/h3-7H,1-2H3,(H,16,17). The van der Waals surface area contributed by atoms with Crippen LogP contribution in [-0.4, -0.2) is 9.97 Å². The maximum atomic E-state index is 8.89. The normalized spacial score (nSPS) is 9.71. The Morgan fingerprint density at radius 3 is 2.82 bits per heavy atom. The van der Waals surface area contributed by atoms with E-state index in [1.165, 1.54) is 0 Å². The highest BCUT2D eigenvalue weighted by Crippen LogP contribution is 2.18. The fourth-order valence-electron chi connectivity index (χ4n) is 1.55. The van der Waals surface area contributed by atoms with Crippen LogP contribution in [0.1, 0.15) is 17.0 Å². The molecule has 2 heterocycles. The molecule has 0 aliphatic heterocycles. The minimum Gasteiger partial charge on any atom is -0.339 e. The molecule has 0 saturated heterocycles. The second kappa shape index (κ2) is 4.62.